The maximum absolute atomic E-state index is 11.3. The van der Waals surface area contributed by atoms with Crippen LogP contribution in [0.1, 0.15) is 12.0 Å². The van der Waals surface area contributed by atoms with E-state index in [1.165, 1.54) is 0 Å². The quantitative estimate of drug-likeness (QED) is 0.493. The zero-order valence-electron chi connectivity index (χ0n) is 9.35. The van der Waals surface area contributed by atoms with E-state index in [0.29, 0.717) is 11.1 Å². The van der Waals surface area contributed by atoms with Crippen LogP contribution in [0.5, 0.6) is 0 Å². The van der Waals surface area contributed by atoms with Crippen molar-refractivity contribution >= 4 is 45.6 Å². The number of carbonyl (C=O) groups is 1. The summed E-state index contributed by atoms with van der Waals surface area (Å²) in [5.41, 5.74) is 1.02. The maximum Gasteiger partial charge on any atom is 0.345 e. The Bertz CT molecular complexity index is 510. The van der Waals surface area contributed by atoms with Crippen molar-refractivity contribution in [3.63, 3.8) is 0 Å². The molecule has 1 atom stereocenters. The molecular weight excluding hydrogens is 292 g/mol. The van der Waals surface area contributed by atoms with Gasteiger partial charge in [-0.05, 0) is 12.0 Å². The highest BCUT2D eigenvalue weighted by molar-refractivity contribution is 8.12. The number of thiol groups is 1. The number of hydrogen-bond acceptors (Lipinski definition) is 6. The molecule has 0 aliphatic carbocycles. The van der Waals surface area contributed by atoms with Gasteiger partial charge in [0.1, 0.15) is 4.70 Å². The highest BCUT2D eigenvalue weighted by Gasteiger charge is 2.17. The van der Waals surface area contributed by atoms with Crippen LogP contribution in [0.2, 0.25) is 0 Å². The van der Waals surface area contributed by atoms with Gasteiger partial charge in [0.15, 0.2) is 0 Å². The lowest BCUT2D eigenvalue weighted by atomic mass is 10.1. The highest BCUT2D eigenvalue weighted by atomic mass is 32.2. The van der Waals surface area contributed by atoms with Crippen LogP contribution in [-0.2, 0) is 25.5 Å². The fourth-order valence-corrected chi connectivity index (χ4v) is 2.18. The first kappa shape index (κ1) is 15.1. The molecule has 0 aromatic heterocycles. The molecule has 0 fully saturated rings. The Hall–Kier alpha value is -0.920. The van der Waals surface area contributed by atoms with Crippen LogP contribution in [0.3, 0.4) is 0 Å². The fourth-order valence-electron chi connectivity index (χ4n) is 1.33. The van der Waals surface area contributed by atoms with E-state index in [1.807, 2.05) is 30.3 Å². The Labute approximate surface area is 117 Å². The lowest BCUT2D eigenvalue weighted by Crippen LogP contribution is -2.17. The molecule has 0 radical (unpaired) electrons. The zero-order chi connectivity index (χ0) is 13.6. The van der Waals surface area contributed by atoms with Crippen LogP contribution >= 0.6 is 24.8 Å². The summed E-state index contributed by atoms with van der Waals surface area (Å²) < 4.78 is 26.5. The topological polar surface area (TPSA) is 60.4 Å². The summed E-state index contributed by atoms with van der Waals surface area (Å²) >= 11 is 8.44. The normalized spacial score (nSPS) is 12.7. The van der Waals surface area contributed by atoms with E-state index in [9.17, 15) is 13.2 Å². The molecule has 1 unspecified atom stereocenters. The van der Waals surface area contributed by atoms with Crippen LogP contribution in [0.25, 0.3) is 0 Å². The Morgan fingerprint density at radius 3 is 2.56 bits per heavy atom. The molecule has 1 aromatic carbocycles. The van der Waals surface area contributed by atoms with Crippen molar-refractivity contribution in [3.8, 4) is 0 Å². The summed E-state index contributed by atoms with van der Waals surface area (Å²) in [6, 6.07) is 9.46. The lowest BCUT2D eigenvalue weighted by molar-refractivity contribution is -0.133. The average Bonchev–Trinajstić information content (AvgIpc) is 2.29. The van der Waals surface area contributed by atoms with E-state index in [1.54, 1.807) is 0 Å². The van der Waals surface area contributed by atoms with E-state index in [4.69, 9.17) is 0 Å². The first-order chi connectivity index (χ1) is 8.43. The molecule has 0 N–H and O–H groups in total. The van der Waals surface area contributed by atoms with Gasteiger partial charge in [-0.3, -0.25) is 4.79 Å². The summed E-state index contributed by atoms with van der Waals surface area (Å²) in [6.45, 7) is 0. The number of carbonyl (C=O) groups excluding carboxylic acids is 1. The number of benzene rings is 1. The molecule has 0 aliphatic rings. The highest BCUT2D eigenvalue weighted by Crippen LogP contribution is 2.12. The van der Waals surface area contributed by atoms with Crippen molar-refractivity contribution in [2.45, 2.75) is 18.1 Å². The maximum atomic E-state index is 11.3. The number of hydrogen-bond donors (Lipinski definition) is 1. The van der Waals surface area contributed by atoms with Gasteiger partial charge in [0.2, 0.25) is 0 Å². The van der Waals surface area contributed by atoms with Crippen molar-refractivity contribution < 1.29 is 17.4 Å². The molecule has 0 saturated heterocycles. The summed E-state index contributed by atoms with van der Waals surface area (Å²) in [7, 11) is -4.03. The van der Waals surface area contributed by atoms with Crippen molar-refractivity contribution in [2.24, 2.45) is 0 Å². The van der Waals surface area contributed by atoms with Gasteiger partial charge in [0.25, 0.3) is 0 Å². The minimum absolute atomic E-state index is 0.0968. The van der Waals surface area contributed by atoms with E-state index in [2.05, 4.69) is 29.0 Å². The molecule has 98 valence electrons. The molecule has 0 amide bonds. The number of rotatable bonds is 6. The third-order valence-electron chi connectivity index (χ3n) is 2.04. The third-order valence-corrected chi connectivity index (χ3v) is 3.77. The first-order valence-electron chi connectivity index (χ1n) is 5.07. The molecule has 0 heterocycles. The molecule has 0 saturated carbocycles. The third kappa shape index (κ3) is 5.61. The van der Waals surface area contributed by atoms with E-state index in [-0.39, 0.29) is 11.7 Å². The summed E-state index contributed by atoms with van der Waals surface area (Å²) in [5.74, 6) is -0.855. The largest absolute Gasteiger partial charge is 0.345 e. The second-order valence-electron chi connectivity index (χ2n) is 3.59. The van der Waals surface area contributed by atoms with Gasteiger partial charge in [-0.1, -0.05) is 42.5 Å². The molecule has 4 nitrogen and oxygen atoms in total. The molecule has 1 rings (SSSR count). The Morgan fingerprint density at radius 1 is 1.39 bits per heavy atom. The van der Waals surface area contributed by atoms with Crippen LogP contribution in [0.4, 0.5) is 0 Å². The van der Waals surface area contributed by atoms with Crippen molar-refractivity contribution in [2.75, 3.05) is 0 Å². The second kappa shape index (κ2) is 6.86. The lowest BCUT2D eigenvalue weighted by Gasteiger charge is -2.09. The number of thiocarbonyl (C=S) groups is 1. The van der Waals surface area contributed by atoms with Crippen LogP contribution in [0, 0.1) is 0 Å². The predicted molar refractivity (Wildman–Crippen MR) is 76.2 cm³/mol. The van der Waals surface area contributed by atoms with Gasteiger partial charge >= 0.3 is 16.1 Å². The van der Waals surface area contributed by atoms with Gasteiger partial charge < -0.3 is 4.18 Å². The molecule has 0 aliphatic heterocycles. The van der Waals surface area contributed by atoms with Crippen LogP contribution in [-0.4, -0.2) is 24.3 Å². The van der Waals surface area contributed by atoms with E-state index < -0.39 is 16.1 Å². The first-order valence-corrected chi connectivity index (χ1v) is 7.53. The minimum Gasteiger partial charge on any atom is -0.342 e. The Morgan fingerprint density at radius 2 is 2.00 bits per heavy atom. The van der Waals surface area contributed by atoms with E-state index in [0.717, 1.165) is 5.56 Å². The fraction of sp³-hybridized carbons (Fsp3) is 0.273. The SMILES string of the molecule is O=C(CC(S)Cc1ccccc1)OS(=O)(=O)C=S. The van der Waals surface area contributed by atoms with Gasteiger partial charge in [0, 0.05) is 5.25 Å². The van der Waals surface area contributed by atoms with Crippen molar-refractivity contribution in [1.82, 2.24) is 0 Å². The molecular formula is C11H12O4S3. The Kier molecular flexibility index (Phi) is 5.77. The summed E-state index contributed by atoms with van der Waals surface area (Å²) in [6.07, 6.45) is 0.455. The van der Waals surface area contributed by atoms with Crippen LogP contribution in [0.15, 0.2) is 30.3 Å². The minimum atomic E-state index is -4.03. The zero-order valence-corrected chi connectivity index (χ0v) is 11.9. The van der Waals surface area contributed by atoms with E-state index >= 15 is 0 Å². The average molecular weight is 304 g/mol. The monoisotopic (exact) mass is 304 g/mol. The molecule has 0 bridgehead atoms. The smallest absolute Gasteiger partial charge is 0.342 e. The molecule has 7 heteroatoms. The standard InChI is InChI=1S/C11H12O4S3/c12-11(15-18(13,14)8-16)7-10(17)6-9-4-2-1-3-5-9/h1-5,8,10,17H,6-7H2. The van der Waals surface area contributed by atoms with Crippen LogP contribution < -0.4 is 0 Å². The molecule has 0 spiro atoms. The van der Waals surface area contributed by atoms with Gasteiger partial charge in [-0.2, -0.15) is 21.0 Å². The summed E-state index contributed by atoms with van der Waals surface area (Å²) in [4.78, 5) is 11.3. The predicted octanol–water partition coefficient (Wildman–Crippen LogP) is 1.75. The second-order valence-corrected chi connectivity index (χ2v) is 6.24. The molecule has 1 aromatic rings. The van der Waals surface area contributed by atoms with Gasteiger partial charge in [-0.25, -0.2) is 0 Å². The van der Waals surface area contributed by atoms with Crippen molar-refractivity contribution in [1.29, 1.82) is 0 Å². The van der Waals surface area contributed by atoms with Crippen molar-refractivity contribution in [3.05, 3.63) is 35.9 Å². The van der Waals surface area contributed by atoms with Gasteiger partial charge in [-0.15, -0.1) is 0 Å². The molecule has 18 heavy (non-hydrogen) atoms. The van der Waals surface area contributed by atoms with Gasteiger partial charge in [0.05, 0.1) is 6.42 Å². The summed E-state index contributed by atoms with van der Waals surface area (Å²) in [5, 5.41) is -0.305. The Balaban J connectivity index is 2.48.